The van der Waals surface area contributed by atoms with Crippen LogP contribution in [0.3, 0.4) is 0 Å². The van der Waals surface area contributed by atoms with Gasteiger partial charge in [-0.1, -0.05) is 41.3 Å². The summed E-state index contributed by atoms with van der Waals surface area (Å²) in [5.74, 6) is -1.36. The van der Waals surface area contributed by atoms with Crippen LogP contribution in [0.1, 0.15) is 30.7 Å². The highest BCUT2D eigenvalue weighted by Crippen LogP contribution is 2.46. The van der Waals surface area contributed by atoms with Crippen LogP contribution in [0.4, 0.5) is 15.2 Å². The number of nitrogens with one attached hydrogen (secondary N) is 1. The number of nitriles is 1. The zero-order chi connectivity index (χ0) is 25.9. The summed E-state index contributed by atoms with van der Waals surface area (Å²) in [5.41, 5.74) is 8.82. The number of hydrogen-bond donors (Lipinski definition) is 2. The molecule has 0 fully saturated rings. The molecule has 3 aromatic rings. The van der Waals surface area contributed by atoms with Crippen molar-refractivity contribution in [1.29, 1.82) is 5.26 Å². The number of carbonyl (C=O) groups is 2. The number of nitrogens with two attached hydrogens (primary N) is 1. The summed E-state index contributed by atoms with van der Waals surface area (Å²) in [6.07, 6.45) is 4.90. The molecule has 1 aliphatic heterocycles. The van der Waals surface area contributed by atoms with Gasteiger partial charge < -0.3 is 11.1 Å². The number of benzene rings is 1. The number of thioether (sulfide) groups is 1. The van der Waals surface area contributed by atoms with Gasteiger partial charge >= 0.3 is 0 Å². The summed E-state index contributed by atoms with van der Waals surface area (Å²) >= 11 is 2.34. The number of nitrogens with zero attached hydrogens (tertiary/aromatic N) is 5. The van der Waals surface area contributed by atoms with Gasteiger partial charge in [-0.15, -0.1) is 10.2 Å². The maximum Gasteiger partial charge on any atom is 0.234 e. The van der Waals surface area contributed by atoms with E-state index in [1.807, 2.05) is 6.07 Å². The van der Waals surface area contributed by atoms with Gasteiger partial charge in [-0.2, -0.15) is 5.26 Å². The maximum absolute atomic E-state index is 13.8. The molecule has 1 unspecified atom stereocenters. The van der Waals surface area contributed by atoms with Crippen molar-refractivity contribution in [2.24, 2.45) is 5.73 Å². The number of Topliss-reactive ketones (excluding diaryl/α,β-unsaturated/α-hetero) is 1. The fourth-order valence-corrected chi connectivity index (χ4v) is 6.09. The Kier molecular flexibility index (Phi) is 6.98. The third-order valence-corrected chi connectivity index (χ3v) is 8.03. The van der Waals surface area contributed by atoms with Gasteiger partial charge in [0.15, 0.2) is 10.1 Å². The van der Waals surface area contributed by atoms with E-state index >= 15 is 0 Å². The molecule has 1 aliphatic carbocycles. The van der Waals surface area contributed by atoms with Crippen LogP contribution in [0.25, 0.3) is 0 Å². The van der Waals surface area contributed by atoms with E-state index in [9.17, 15) is 19.2 Å². The molecule has 0 saturated heterocycles. The average molecular weight is 534 g/mol. The molecule has 12 heteroatoms. The Bertz CT molecular complexity index is 1480. The van der Waals surface area contributed by atoms with E-state index in [2.05, 4.69) is 26.6 Å². The van der Waals surface area contributed by atoms with Gasteiger partial charge in [0.05, 0.1) is 29.0 Å². The molecule has 5 rings (SSSR count). The van der Waals surface area contributed by atoms with Gasteiger partial charge in [0.25, 0.3) is 0 Å². The number of carbonyl (C=O) groups excluding carboxylic acids is 2. The zero-order valence-electron chi connectivity index (χ0n) is 19.3. The van der Waals surface area contributed by atoms with E-state index in [1.54, 1.807) is 35.5 Å². The van der Waals surface area contributed by atoms with Crippen LogP contribution in [0.15, 0.2) is 75.8 Å². The van der Waals surface area contributed by atoms with E-state index in [0.29, 0.717) is 40.0 Å². The minimum atomic E-state index is -0.596. The summed E-state index contributed by atoms with van der Waals surface area (Å²) in [5, 5.41) is 21.4. The number of para-hydroxylation sites is 1. The lowest BCUT2D eigenvalue weighted by atomic mass is 9.76. The second-order valence-electron chi connectivity index (χ2n) is 8.27. The molecule has 0 radical (unpaired) electrons. The van der Waals surface area contributed by atoms with Gasteiger partial charge in [-0.3, -0.25) is 19.5 Å². The number of ketones is 1. The van der Waals surface area contributed by atoms with E-state index in [1.165, 1.54) is 23.5 Å². The smallest absolute Gasteiger partial charge is 0.234 e. The summed E-state index contributed by atoms with van der Waals surface area (Å²) < 4.78 is 14.3. The van der Waals surface area contributed by atoms with Crippen molar-refractivity contribution >= 4 is 45.6 Å². The highest BCUT2D eigenvalue weighted by Gasteiger charge is 2.41. The number of pyridine rings is 1. The molecule has 0 bridgehead atoms. The summed E-state index contributed by atoms with van der Waals surface area (Å²) in [7, 11) is 0. The quantitative estimate of drug-likeness (QED) is 0.448. The van der Waals surface area contributed by atoms with Crippen molar-refractivity contribution in [3.63, 3.8) is 0 Å². The van der Waals surface area contributed by atoms with Crippen LogP contribution < -0.4 is 16.0 Å². The first kappa shape index (κ1) is 24.6. The molecular weight excluding hydrogens is 513 g/mol. The first-order valence-corrected chi connectivity index (χ1v) is 13.1. The highest BCUT2D eigenvalue weighted by atomic mass is 32.2. The Labute approximate surface area is 219 Å². The van der Waals surface area contributed by atoms with Crippen LogP contribution in [0, 0.1) is 17.1 Å². The second-order valence-corrected chi connectivity index (χ2v) is 10.4. The molecule has 37 heavy (non-hydrogen) atoms. The van der Waals surface area contributed by atoms with Crippen molar-refractivity contribution < 1.29 is 14.0 Å². The molecule has 0 spiro atoms. The van der Waals surface area contributed by atoms with E-state index < -0.39 is 17.6 Å². The fraction of sp³-hybridized carbons (Fsp3) is 0.200. The molecule has 1 aromatic carbocycles. The SMILES string of the molecule is N#CC1=C(N)N(c2nnc(SCC(=O)Nc3ccccc3F)s2)C2=C(C(=O)CCC2)C1c1cccnc1. The van der Waals surface area contributed by atoms with E-state index in [4.69, 9.17) is 5.73 Å². The maximum atomic E-state index is 13.8. The average Bonchev–Trinajstić information content (AvgIpc) is 3.37. The second kappa shape index (κ2) is 10.5. The van der Waals surface area contributed by atoms with Gasteiger partial charge in [-0.25, -0.2) is 4.39 Å². The van der Waals surface area contributed by atoms with Gasteiger partial charge in [0.2, 0.25) is 11.0 Å². The van der Waals surface area contributed by atoms with Crippen LogP contribution >= 0.6 is 23.1 Å². The molecule has 1 atom stereocenters. The number of amides is 1. The molecule has 3 N–H and O–H groups in total. The number of allylic oxidation sites excluding steroid dienone is 3. The van der Waals surface area contributed by atoms with Crippen molar-refractivity contribution in [2.45, 2.75) is 29.5 Å². The van der Waals surface area contributed by atoms with Crippen LogP contribution in [0.5, 0.6) is 0 Å². The molecule has 2 aromatic heterocycles. The molecule has 186 valence electrons. The van der Waals surface area contributed by atoms with Crippen LogP contribution in [0.2, 0.25) is 0 Å². The third kappa shape index (κ3) is 4.83. The molecular formula is C25H20FN7O2S2. The monoisotopic (exact) mass is 533 g/mol. The van der Waals surface area contributed by atoms with Crippen LogP contribution in [-0.4, -0.2) is 32.6 Å². The summed E-state index contributed by atoms with van der Waals surface area (Å²) in [4.78, 5) is 31.2. The van der Waals surface area contributed by atoms with Crippen LogP contribution in [-0.2, 0) is 9.59 Å². The van der Waals surface area contributed by atoms with Crippen molar-refractivity contribution in [1.82, 2.24) is 15.2 Å². The first-order valence-electron chi connectivity index (χ1n) is 11.3. The molecule has 0 saturated carbocycles. The van der Waals surface area contributed by atoms with Gasteiger partial charge in [0, 0.05) is 30.1 Å². The molecule has 2 aliphatic rings. The zero-order valence-corrected chi connectivity index (χ0v) is 21.0. The largest absolute Gasteiger partial charge is 0.384 e. The number of aromatic nitrogens is 3. The minimum Gasteiger partial charge on any atom is -0.384 e. The minimum absolute atomic E-state index is 0.00670. The molecule has 1 amide bonds. The molecule has 9 nitrogen and oxygen atoms in total. The number of rotatable bonds is 6. The van der Waals surface area contributed by atoms with E-state index in [-0.39, 0.29) is 28.6 Å². The predicted octanol–water partition coefficient (Wildman–Crippen LogP) is 4.11. The lowest BCUT2D eigenvalue weighted by Gasteiger charge is -2.37. The predicted molar refractivity (Wildman–Crippen MR) is 138 cm³/mol. The third-order valence-electron chi connectivity index (χ3n) is 5.99. The highest BCUT2D eigenvalue weighted by molar-refractivity contribution is 8.01. The summed E-state index contributed by atoms with van der Waals surface area (Å²) in [6, 6.07) is 11.7. The fourth-order valence-electron chi connectivity index (χ4n) is 4.41. The number of anilines is 2. The van der Waals surface area contributed by atoms with Gasteiger partial charge in [0.1, 0.15) is 11.6 Å². The Morgan fingerprint density at radius 2 is 2.11 bits per heavy atom. The topological polar surface area (TPSA) is 138 Å². The van der Waals surface area contributed by atoms with Crippen molar-refractivity contribution in [3.8, 4) is 6.07 Å². The van der Waals surface area contributed by atoms with Crippen molar-refractivity contribution in [3.05, 3.63) is 82.8 Å². The Hall–Kier alpha value is -4.08. The lowest BCUT2D eigenvalue weighted by molar-refractivity contribution is -0.116. The standard InChI is InChI=1S/C25H20FN7O2S2/c26-16-6-1-2-7-17(16)30-20(35)13-36-25-32-31-24(37-25)33-18-8-3-9-19(34)22(18)21(15(11-27)23(33)28)14-5-4-10-29-12-14/h1-2,4-7,10,12,21H,3,8-9,13,28H2,(H,30,35). The first-order chi connectivity index (χ1) is 18.0. The Morgan fingerprint density at radius 1 is 1.27 bits per heavy atom. The normalized spacial score (nSPS) is 17.5. The Morgan fingerprint density at radius 3 is 2.86 bits per heavy atom. The van der Waals surface area contributed by atoms with E-state index in [0.717, 1.165) is 17.3 Å². The molecule has 3 heterocycles. The number of hydrogen-bond acceptors (Lipinski definition) is 10. The lowest BCUT2D eigenvalue weighted by Crippen LogP contribution is -2.38. The summed E-state index contributed by atoms with van der Waals surface area (Å²) in [6.45, 7) is 0. The van der Waals surface area contributed by atoms with Crippen molar-refractivity contribution in [2.75, 3.05) is 16.0 Å². The number of halogens is 1. The van der Waals surface area contributed by atoms with Gasteiger partial charge in [-0.05, 0) is 36.6 Å². The Balaban J connectivity index is 1.42.